The predicted molar refractivity (Wildman–Crippen MR) is 230 cm³/mol. The molecule has 0 saturated heterocycles. The van der Waals surface area contributed by atoms with E-state index in [9.17, 15) is 0 Å². The van der Waals surface area contributed by atoms with Gasteiger partial charge in [0.15, 0.2) is 0 Å². The van der Waals surface area contributed by atoms with E-state index in [2.05, 4.69) is 179 Å². The van der Waals surface area contributed by atoms with Crippen LogP contribution in [-0.2, 0) is 0 Å². The van der Waals surface area contributed by atoms with Crippen LogP contribution in [0.1, 0.15) is 0 Å². The first-order chi connectivity index (χ1) is 27.3. The van der Waals surface area contributed by atoms with Gasteiger partial charge in [0.25, 0.3) is 0 Å². The molecule has 0 N–H and O–H groups in total. The second-order valence-corrected chi connectivity index (χ2v) is 15.0. The van der Waals surface area contributed by atoms with Crippen molar-refractivity contribution in [3.05, 3.63) is 176 Å². The van der Waals surface area contributed by atoms with Gasteiger partial charge in [0, 0.05) is 59.9 Å². The van der Waals surface area contributed by atoms with Crippen molar-refractivity contribution >= 4 is 86.2 Å². The van der Waals surface area contributed by atoms with E-state index < -0.39 is 0 Å². The summed E-state index contributed by atoms with van der Waals surface area (Å²) in [5.41, 5.74) is 10.8. The number of pyridine rings is 1. The lowest BCUT2D eigenvalue weighted by Crippen LogP contribution is -2.04. The maximum absolute atomic E-state index is 5.53. The summed E-state index contributed by atoms with van der Waals surface area (Å²) >= 11 is 1.77. The number of hydrogen-bond donors (Lipinski definition) is 0. The van der Waals surface area contributed by atoms with Crippen molar-refractivity contribution in [1.82, 2.24) is 24.1 Å². The molecule has 0 aliphatic carbocycles. The highest BCUT2D eigenvalue weighted by molar-refractivity contribution is 7.26. The number of fused-ring (bicyclic) bond motifs is 13. The van der Waals surface area contributed by atoms with Gasteiger partial charge in [-0.3, -0.25) is 4.57 Å². The summed E-state index contributed by atoms with van der Waals surface area (Å²) in [6.45, 7) is 0. The maximum Gasteiger partial charge on any atom is 0.235 e. The second kappa shape index (κ2) is 11.7. The third-order valence-electron chi connectivity index (χ3n) is 11.0. The Balaban J connectivity index is 1.26. The van der Waals surface area contributed by atoms with E-state index in [1.54, 1.807) is 11.3 Å². The van der Waals surface area contributed by atoms with Crippen LogP contribution in [0.25, 0.3) is 109 Å². The lowest BCUT2D eigenvalue weighted by atomic mass is 10.0. The topological polar surface area (TPSA) is 48.5 Å². The van der Waals surface area contributed by atoms with Gasteiger partial charge in [-0.1, -0.05) is 127 Å². The van der Waals surface area contributed by atoms with Gasteiger partial charge in [-0.05, 0) is 53.6 Å². The molecule has 55 heavy (non-hydrogen) atoms. The molecule has 5 heterocycles. The number of aromatic nitrogens is 5. The van der Waals surface area contributed by atoms with E-state index >= 15 is 0 Å². The number of rotatable bonds is 4. The van der Waals surface area contributed by atoms with E-state index in [1.807, 2.05) is 6.20 Å². The number of benzene rings is 7. The van der Waals surface area contributed by atoms with Crippen LogP contribution in [0, 0.1) is 0 Å². The highest BCUT2D eigenvalue weighted by atomic mass is 32.1. The third-order valence-corrected chi connectivity index (χ3v) is 12.1. The molecule has 0 aliphatic rings. The van der Waals surface area contributed by atoms with Crippen molar-refractivity contribution in [2.45, 2.75) is 0 Å². The molecule has 256 valence electrons. The lowest BCUT2D eigenvalue weighted by molar-refractivity contribution is 1.02. The largest absolute Gasteiger partial charge is 0.308 e. The molecule has 0 bridgehead atoms. The summed E-state index contributed by atoms with van der Waals surface area (Å²) < 4.78 is 5.97. The van der Waals surface area contributed by atoms with E-state index in [0.29, 0.717) is 5.95 Å². The first kappa shape index (κ1) is 30.3. The fourth-order valence-electron chi connectivity index (χ4n) is 8.65. The standard InChI is InChI=1S/C49H29N5S/c1-3-14-30(15-4-1)31-25-27-32(28-26-31)44-34-18-7-10-22-38(34)51-49(52-44)54-40-24-12-9-20-36(40)42-46(54)41-35-19-8-11-23-39(35)53(33-16-5-2-6-17-33)45(41)43-37-21-13-29-50-48(37)55-47(42)43/h1-29H. The van der Waals surface area contributed by atoms with E-state index in [-0.39, 0.29) is 0 Å². The molecular formula is C49H29N5S. The molecule has 12 aromatic rings. The molecule has 0 spiro atoms. The molecule has 0 fully saturated rings. The lowest BCUT2D eigenvalue weighted by Gasteiger charge is -2.13. The maximum atomic E-state index is 5.53. The van der Waals surface area contributed by atoms with Gasteiger partial charge in [-0.2, -0.15) is 0 Å². The van der Waals surface area contributed by atoms with E-state index in [0.717, 1.165) is 65.5 Å². The van der Waals surface area contributed by atoms with Crippen LogP contribution in [0.3, 0.4) is 0 Å². The van der Waals surface area contributed by atoms with Crippen molar-refractivity contribution in [1.29, 1.82) is 0 Å². The van der Waals surface area contributed by atoms with Crippen LogP contribution in [0.4, 0.5) is 0 Å². The monoisotopic (exact) mass is 719 g/mol. The third kappa shape index (κ3) is 4.37. The van der Waals surface area contributed by atoms with Crippen molar-refractivity contribution in [3.63, 3.8) is 0 Å². The van der Waals surface area contributed by atoms with Crippen molar-refractivity contribution in [2.75, 3.05) is 0 Å². The van der Waals surface area contributed by atoms with E-state index in [4.69, 9.17) is 15.0 Å². The number of thiophene rings is 1. The highest BCUT2D eigenvalue weighted by Crippen LogP contribution is 2.50. The molecule has 0 saturated carbocycles. The van der Waals surface area contributed by atoms with Gasteiger partial charge >= 0.3 is 0 Å². The summed E-state index contributed by atoms with van der Waals surface area (Å²) in [4.78, 5) is 16.8. The first-order valence-corrected chi connectivity index (χ1v) is 19.3. The van der Waals surface area contributed by atoms with Crippen molar-refractivity contribution < 1.29 is 0 Å². The summed E-state index contributed by atoms with van der Waals surface area (Å²) in [6.07, 6.45) is 1.90. The molecule has 5 nitrogen and oxygen atoms in total. The Bertz CT molecular complexity index is 3470. The molecule has 0 unspecified atom stereocenters. The Morgan fingerprint density at radius 3 is 1.76 bits per heavy atom. The number of nitrogens with zero attached hydrogens (tertiary/aromatic N) is 5. The summed E-state index contributed by atoms with van der Waals surface area (Å²) in [7, 11) is 0. The zero-order valence-electron chi connectivity index (χ0n) is 29.4. The molecule has 6 heteroatoms. The molecule has 12 rings (SSSR count). The SMILES string of the molecule is c1ccc(-c2ccc(-c3nc(-n4c5ccccc5c5c6sc7ncccc7c6c6c(c7ccccc7n6-c6ccccc6)c54)nc4ccccc34)cc2)cc1. The van der Waals surface area contributed by atoms with Gasteiger partial charge in [0.05, 0.1) is 33.3 Å². The summed E-state index contributed by atoms with van der Waals surface area (Å²) in [5.74, 6) is 0.642. The second-order valence-electron chi connectivity index (χ2n) is 14.0. The van der Waals surface area contributed by atoms with Gasteiger partial charge in [0.2, 0.25) is 5.95 Å². The molecule has 0 atom stereocenters. The van der Waals surface area contributed by atoms with Gasteiger partial charge in [0.1, 0.15) is 4.83 Å². The van der Waals surface area contributed by atoms with Crippen molar-refractivity contribution in [3.8, 4) is 34.0 Å². The fraction of sp³-hybridized carbons (Fsp3) is 0. The number of para-hydroxylation sites is 4. The average Bonchev–Trinajstić information content (AvgIpc) is 3.92. The molecule has 7 aromatic carbocycles. The zero-order valence-corrected chi connectivity index (χ0v) is 30.2. The zero-order chi connectivity index (χ0) is 36.0. The van der Waals surface area contributed by atoms with Crippen LogP contribution < -0.4 is 0 Å². The van der Waals surface area contributed by atoms with Crippen LogP contribution >= 0.6 is 11.3 Å². The Morgan fingerprint density at radius 1 is 0.418 bits per heavy atom. The summed E-state index contributed by atoms with van der Waals surface area (Å²) in [6, 6.07) is 60.1. The highest BCUT2D eigenvalue weighted by Gasteiger charge is 2.28. The molecule has 0 aliphatic heterocycles. The minimum absolute atomic E-state index is 0.642. The Kier molecular flexibility index (Phi) is 6.44. The van der Waals surface area contributed by atoms with E-state index in [1.165, 1.54) is 37.4 Å². The van der Waals surface area contributed by atoms with Crippen LogP contribution in [0.2, 0.25) is 0 Å². The fourth-order valence-corrected chi connectivity index (χ4v) is 9.86. The molecule has 0 radical (unpaired) electrons. The average molecular weight is 720 g/mol. The van der Waals surface area contributed by atoms with Crippen molar-refractivity contribution in [2.24, 2.45) is 0 Å². The summed E-state index contributed by atoms with van der Waals surface area (Å²) in [5, 5.41) is 8.11. The quantitative estimate of drug-likeness (QED) is 0.182. The predicted octanol–water partition coefficient (Wildman–Crippen LogP) is 12.9. The normalized spacial score (nSPS) is 12.0. The first-order valence-electron chi connectivity index (χ1n) is 18.5. The van der Waals surface area contributed by atoms with Crippen LogP contribution in [-0.4, -0.2) is 24.1 Å². The number of hydrogen-bond acceptors (Lipinski definition) is 4. The van der Waals surface area contributed by atoms with Crippen LogP contribution in [0.5, 0.6) is 0 Å². The molecule has 0 amide bonds. The Hall–Kier alpha value is -7.15. The van der Waals surface area contributed by atoms with Gasteiger partial charge in [-0.15, -0.1) is 11.3 Å². The minimum Gasteiger partial charge on any atom is -0.308 e. The molecule has 5 aromatic heterocycles. The van der Waals surface area contributed by atoms with Gasteiger partial charge in [-0.25, -0.2) is 15.0 Å². The molecular weight excluding hydrogens is 691 g/mol. The van der Waals surface area contributed by atoms with Gasteiger partial charge < -0.3 is 4.57 Å². The van der Waals surface area contributed by atoms with Crippen LogP contribution in [0.15, 0.2) is 176 Å². The smallest absolute Gasteiger partial charge is 0.235 e. The Labute approximate surface area is 319 Å². The Morgan fingerprint density at radius 2 is 0.982 bits per heavy atom. The minimum atomic E-state index is 0.642.